The lowest BCUT2D eigenvalue weighted by Gasteiger charge is -2.54. The molecule has 1 nitrogen and oxygen atoms in total. The Kier molecular flexibility index (Phi) is 5.51. The molecule has 0 N–H and O–H groups in total. The Bertz CT molecular complexity index is 2670. The summed E-state index contributed by atoms with van der Waals surface area (Å²) in [5, 5.41) is 0. The number of rotatable bonds is 1. The van der Waals surface area contributed by atoms with Gasteiger partial charge in [0.2, 0.25) is 6.71 Å². The molecule has 0 unspecified atom stereocenters. The highest BCUT2D eigenvalue weighted by molar-refractivity contribution is 6.96. The van der Waals surface area contributed by atoms with Crippen molar-refractivity contribution < 1.29 is 0 Å². The second-order valence-corrected chi connectivity index (χ2v) is 14.7. The maximum absolute atomic E-state index is 2.60. The van der Waals surface area contributed by atoms with Crippen molar-refractivity contribution in [3.8, 4) is 11.1 Å². The molecule has 12 rings (SSSR count). The first-order valence-electron chi connectivity index (χ1n) is 18.4. The Balaban J connectivity index is 1.28. The molecule has 240 valence electrons. The first-order valence-corrected chi connectivity index (χ1v) is 18.4. The molecule has 4 aliphatic rings. The monoisotopic (exact) mass is 657 g/mol. The highest BCUT2D eigenvalue weighted by Crippen LogP contribution is 2.68. The average Bonchev–Trinajstić information content (AvgIpc) is 3.51. The predicted molar refractivity (Wildman–Crippen MR) is 215 cm³/mol. The maximum Gasteiger partial charge on any atom is 0.242 e. The average molecular weight is 658 g/mol. The van der Waals surface area contributed by atoms with Gasteiger partial charge in [0, 0.05) is 0 Å². The van der Waals surface area contributed by atoms with E-state index < -0.39 is 10.8 Å². The first kappa shape index (κ1) is 28.3. The molecule has 0 bridgehead atoms. The quantitative estimate of drug-likeness (QED) is 0.159. The number of anilines is 3. The van der Waals surface area contributed by atoms with Crippen LogP contribution < -0.4 is 21.3 Å². The van der Waals surface area contributed by atoms with E-state index in [2.05, 4.69) is 199 Å². The maximum atomic E-state index is 2.60. The molecule has 3 heterocycles. The minimum atomic E-state index is -0.540. The van der Waals surface area contributed by atoms with Crippen molar-refractivity contribution in [1.29, 1.82) is 0 Å². The molecular weight excluding hydrogens is 625 g/mol. The van der Waals surface area contributed by atoms with Crippen LogP contribution in [-0.2, 0) is 10.8 Å². The van der Waals surface area contributed by atoms with Crippen molar-refractivity contribution in [3.05, 3.63) is 239 Å². The number of hydrogen-bond acceptors (Lipinski definition) is 1. The lowest BCUT2D eigenvalue weighted by atomic mass is 9.30. The Morgan fingerprint density at radius 2 is 0.692 bits per heavy atom. The Hall–Kier alpha value is -6.38. The second-order valence-electron chi connectivity index (χ2n) is 14.7. The fourth-order valence-corrected chi connectivity index (χ4v) is 10.9. The molecule has 0 aromatic heterocycles. The van der Waals surface area contributed by atoms with Gasteiger partial charge in [0.1, 0.15) is 0 Å². The third-order valence-electron chi connectivity index (χ3n) is 12.6. The zero-order valence-electron chi connectivity index (χ0n) is 28.5. The van der Waals surface area contributed by atoms with E-state index in [1.807, 2.05) is 0 Å². The summed E-state index contributed by atoms with van der Waals surface area (Å²) in [5.74, 6) is 0. The number of nitrogens with zero attached hydrogens (tertiary/aromatic N) is 1. The van der Waals surface area contributed by atoms with Gasteiger partial charge in [-0.15, -0.1) is 0 Å². The molecule has 8 aromatic carbocycles. The predicted octanol–water partition coefficient (Wildman–Crippen LogP) is 9.36. The summed E-state index contributed by atoms with van der Waals surface area (Å²) in [5.41, 5.74) is 20.3. The summed E-state index contributed by atoms with van der Waals surface area (Å²) in [4.78, 5) is 2.60. The number of para-hydroxylation sites is 3. The highest BCUT2D eigenvalue weighted by Gasteiger charge is 2.58. The fourth-order valence-electron chi connectivity index (χ4n) is 10.9. The van der Waals surface area contributed by atoms with Crippen LogP contribution in [0.4, 0.5) is 17.1 Å². The molecule has 0 radical (unpaired) electrons. The Morgan fingerprint density at radius 3 is 1.23 bits per heavy atom. The summed E-state index contributed by atoms with van der Waals surface area (Å²) in [6.45, 7) is 0.129. The minimum absolute atomic E-state index is 0.129. The van der Waals surface area contributed by atoms with Crippen LogP contribution in [0.2, 0.25) is 0 Å². The Morgan fingerprint density at radius 1 is 0.308 bits per heavy atom. The molecule has 2 spiro atoms. The van der Waals surface area contributed by atoms with Gasteiger partial charge in [-0.25, -0.2) is 0 Å². The van der Waals surface area contributed by atoms with Gasteiger partial charge in [-0.3, -0.25) is 0 Å². The molecular formula is C50H32BN. The molecule has 0 saturated carbocycles. The lowest BCUT2D eigenvalue weighted by molar-refractivity contribution is 0.701. The van der Waals surface area contributed by atoms with Gasteiger partial charge in [0.05, 0.1) is 27.9 Å². The van der Waals surface area contributed by atoms with Gasteiger partial charge >= 0.3 is 0 Å². The van der Waals surface area contributed by atoms with Gasteiger partial charge < -0.3 is 4.90 Å². The molecule has 0 fully saturated rings. The lowest BCUT2D eigenvalue weighted by Crippen LogP contribution is -2.62. The normalized spacial score (nSPS) is 15.5. The summed E-state index contributed by atoms with van der Waals surface area (Å²) < 4.78 is 0. The third kappa shape index (κ3) is 3.19. The minimum Gasteiger partial charge on any atom is -0.309 e. The van der Waals surface area contributed by atoms with E-state index in [1.165, 1.54) is 89.1 Å². The van der Waals surface area contributed by atoms with Crippen molar-refractivity contribution in [1.82, 2.24) is 0 Å². The van der Waals surface area contributed by atoms with Crippen molar-refractivity contribution >= 4 is 40.2 Å². The molecule has 0 atom stereocenters. The second kappa shape index (κ2) is 10.1. The Labute approximate surface area is 304 Å². The number of fused-ring (bicyclic) bond motifs is 17. The first-order chi connectivity index (χ1) is 25.8. The highest BCUT2D eigenvalue weighted by atomic mass is 15.2. The van der Waals surface area contributed by atoms with Crippen LogP contribution in [0.1, 0.15) is 44.5 Å². The van der Waals surface area contributed by atoms with Gasteiger partial charge in [0.25, 0.3) is 0 Å². The van der Waals surface area contributed by atoms with Gasteiger partial charge in [0.15, 0.2) is 0 Å². The van der Waals surface area contributed by atoms with Crippen molar-refractivity contribution in [2.45, 2.75) is 10.8 Å². The molecule has 52 heavy (non-hydrogen) atoms. The van der Waals surface area contributed by atoms with Crippen molar-refractivity contribution in [3.63, 3.8) is 0 Å². The summed E-state index contributed by atoms with van der Waals surface area (Å²) in [7, 11) is 0. The van der Waals surface area contributed by atoms with Crippen LogP contribution in [0, 0.1) is 0 Å². The van der Waals surface area contributed by atoms with Crippen LogP contribution in [0.25, 0.3) is 11.1 Å². The summed E-state index contributed by atoms with van der Waals surface area (Å²) in [6.07, 6.45) is 0. The van der Waals surface area contributed by atoms with Crippen LogP contribution in [0.3, 0.4) is 0 Å². The van der Waals surface area contributed by atoms with Crippen LogP contribution in [-0.4, -0.2) is 6.71 Å². The van der Waals surface area contributed by atoms with E-state index in [4.69, 9.17) is 0 Å². The molecule has 8 aromatic rings. The van der Waals surface area contributed by atoms with E-state index in [0.29, 0.717) is 0 Å². The van der Waals surface area contributed by atoms with E-state index in [9.17, 15) is 0 Å². The van der Waals surface area contributed by atoms with E-state index in [0.717, 1.165) is 0 Å². The third-order valence-corrected chi connectivity index (χ3v) is 12.6. The van der Waals surface area contributed by atoms with Gasteiger partial charge in [-0.2, -0.15) is 0 Å². The van der Waals surface area contributed by atoms with Crippen LogP contribution in [0.15, 0.2) is 194 Å². The summed E-state index contributed by atoms with van der Waals surface area (Å²) in [6, 6.07) is 73.5. The topological polar surface area (TPSA) is 3.24 Å². The van der Waals surface area contributed by atoms with E-state index in [-0.39, 0.29) is 6.71 Å². The number of hydrogen-bond donors (Lipinski definition) is 0. The van der Waals surface area contributed by atoms with Gasteiger partial charge in [-0.1, -0.05) is 198 Å². The molecule has 1 aliphatic carbocycles. The molecule has 0 saturated heterocycles. The van der Waals surface area contributed by atoms with Gasteiger partial charge in [-0.05, 0) is 67.8 Å². The van der Waals surface area contributed by atoms with Crippen molar-refractivity contribution in [2.75, 3.05) is 4.90 Å². The van der Waals surface area contributed by atoms with Crippen LogP contribution >= 0.6 is 0 Å². The fraction of sp³-hybridized carbons (Fsp3) is 0.0400. The molecule has 0 amide bonds. The SMILES string of the molecule is c1ccc(B2c3ccccc3C3(c4ccccc42)c2ccccc2N2c4ccccc4C4(c5ccccc5-c5ccccc54)c4cccc3c42)cc1. The smallest absolute Gasteiger partial charge is 0.242 e. The zero-order chi connectivity index (χ0) is 34.0. The number of benzene rings is 8. The standard InChI is InChI=1S/C50H32BN/c1-2-17-33(18-3-1)51-44-29-12-8-23-38(44)50(39-24-9-13-30-45(39)51)41-26-11-15-32-47(41)52-46-31-14-10-25-40(46)49(42-27-16-28-43(50)48(42)52)36-21-6-4-19-34(36)35-20-5-7-22-37(35)49/h1-32H. The van der Waals surface area contributed by atoms with Crippen LogP contribution in [0.5, 0.6) is 0 Å². The van der Waals surface area contributed by atoms with E-state index >= 15 is 0 Å². The van der Waals surface area contributed by atoms with E-state index in [1.54, 1.807) is 0 Å². The largest absolute Gasteiger partial charge is 0.309 e. The zero-order valence-corrected chi connectivity index (χ0v) is 28.5. The summed E-state index contributed by atoms with van der Waals surface area (Å²) >= 11 is 0. The molecule has 2 heteroatoms. The molecule has 3 aliphatic heterocycles. The van der Waals surface area contributed by atoms with Crippen molar-refractivity contribution in [2.24, 2.45) is 0 Å².